The number of carbonyl (C=O) groups excluding carboxylic acids is 1. The number of amides is 1. The molecule has 0 aliphatic heterocycles. The van der Waals surface area contributed by atoms with E-state index in [2.05, 4.69) is 26.3 Å². The van der Waals surface area contributed by atoms with Gasteiger partial charge in [-0.25, -0.2) is 4.68 Å². The lowest BCUT2D eigenvalue weighted by Gasteiger charge is -2.07. The lowest BCUT2D eigenvalue weighted by atomic mass is 10.2. The summed E-state index contributed by atoms with van der Waals surface area (Å²) in [5, 5.41) is 7.20. The van der Waals surface area contributed by atoms with Crippen LogP contribution in [-0.4, -0.2) is 28.8 Å². The molecule has 5 nitrogen and oxygen atoms in total. The molecule has 0 saturated heterocycles. The van der Waals surface area contributed by atoms with Crippen LogP contribution < -0.4 is 11.1 Å². The molecule has 2 aromatic rings. The number of nitrogens with one attached hydrogen (secondary N) is 1. The number of benzene rings is 1. The zero-order valence-electron chi connectivity index (χ0n) is 12.0. The first-order valence-corrected chi connectivity index (χ1v) is 7.71. The maximum atomic E-state index is 12.1. The molecule has 0 aliphatic carbocycles. The topological polar surface area (TPSA) is 72.9 Å². The van der Waals surface area contributed by atoms with Crippen molar-refractivity contribution in [3.8, 4) is 5.69 Å². The summed E-state index contributed by atoms with van der Waals surface area (Å²) in [7, 11) is 0. The fourth-order valence-electron chi connectivity index (χ4n) is 2.07. The number of nitrogens with zero attached hydrogens (tertiary/aromatic N) is 2. The Balaban J connectivity index is 2.11. The summed E-state index contributed by atoms with van der Waals surface area (Å²) in [4.78, 5) is 12.1. The summed E-state index contributed by atoms with van der Waals surface area (Å²) >= 11 is 3.44. The zero-order chi connectivity index (χ0) is 15.2. The molecular weight excluding hydrogens is 332 g/mol. The first-order valence-electron chi connectivity index (χ1n) is 6.92. The Labute approximate surface area is 132 Å². The smallest absolute Gasteiger partial charge is 0.254 e. The molecule has 0 saturated carbocycles. The second-order valence-electron chi connectivity index (χ2n) is 4.79. The van der Waals surface area contributed by atoms with Crippen molar-refractivity contribution in [1.82, 2.24) is 15.1 Å². The van der Waals surface area contributed by atoms with Gasteiger partial charge in [-0.1, -0.05) is 22.0 Å². The number of hydrogen-bond donors (Lipinski definition) is 2. The van der Waals surface area contributed by atoms with Gasteiger partial charge in [0, 0.05) is 11.0 Å². The highest BCUT2D eigenvalue weighted by molar-refractivity contribution is 9.10. The van der Waals surface area contributed by atoms with Crippen LogP contribution in [0.4, 0.5) is 0 Å². The van der Waals surface area contributed by atoms with E-state index < -0.39 is 0 Å². The van der Waals surface area contributed by atoms with Crippen LogP contribution in [-0.2, 0) is 0 Å². The van der Waals surface area contributed by atoms with Gasteiger partial charge in [-0.15, -0.1) is 0 Å². The minimum absolute atomic E-state index is 0.0919. The van der Waals surface area contributed by atoms with E-state index >= 15 is 0 Å². The van der Waals surface area contributed by atoms with Crippen LogP contribution >= 0.6 is 15.9 Å². The van der Waals surface area contributed by atoms with Gasteiger partial charge < -0.3 is 11.1 Å². The van der Waals surface area contributed by atoms with Gasteiger partial charge >= 0.3 is 0 Å². The Kier molecular flexibility index (Phi) is 5.52. The lowest BCUT2D eigenvalue weighted by Crippen LogP contribution is -2.25. The number of aromatic nitrogens is 2. The van der Waals surface area contributed by atoms with Gasteiger partial charge in [-0.3, -0.25) is 4.79 Å². The van der Waals surface area contributed by atoms with Crippen LogP contribution in [0.3, 0.4) is 0 Å². The molecule has 0 aliphatic rings. The molecular formula is C15H19BrN4O. The molecule has 2 rings (SSSR count). The molecule has 0 unspecified atom stereocenters. The quantitative estimate of drug-likeness (QED) is 0.785. The molecule has 6 heteroatoms. The van der Waals surface area contributed by atoms with Gasteiger partial charge in [0.05, 0.1) is 23.1 Å². The van der Waals surface area contributed by atoms with E-state index in [1.54, 1.807) is 10.9 Å². The summed E-state index contributed by atoms with van der Waals surface area (Å²) in [6.45, 7) is 3.18. The van der Waals surface area contributed by atoms with Gasteiger partial charge in [0.1, 0.15) is 0 Å². The molecule has 0 fully saturated rings. The van der Waals surface area contributed by atoms with E-state index in [-0.39, 0.29) is 5.91 Å². The third-order valence-corrected chi connectivity index (χ3v) is 3.72. The van der Waals surface area contributed by atoms with Crippen LogP contribution in [0.25, 0.3) is 5.69 Å². The van der Waals surface area contributed by atoms with Crippen molar-refractivity contribution in [3.05, 3.63) is 46.2 Å². The predicted molar refractivity (Wildman–Crippen MR) is 86.6 cm³/mol. The molecule has 3 N–H and O–H groups in total. The maximum Gasteiger partial charge on any atom is 0.254 e. The van der Waals surface area contributed by atoms with Crippen molar-refractivity contribution in [2.75, 3.05) is 13.1 Å². The molecule has 0 atom stereocenters. The number of carbonyl (C=O) groups is 1. The maximum absolute atomic E-state index is 12.1. The molecule has 1 amide bonds. The van der Waals surface area contributed by atoms with Crippen LogP contribution in [0.15, 0.2) is 34.9 Å². The number of halogens is 1. The van der Waals surface area contributed by atoms with Crippen LogP contribution in [0.5, 0.6) is 0 Å². The Morgan fingerprint density at radius 1 is 1.43 bits per heavy atom. The normalized spacial score (nSPS) is 10.6. The van der Waals surface area contributed by atoms with Gasteiger partial charge in [0.15, 0.2) is 0 Å². The van der Waals surface area contributed by atoms with Crippen molar-refractivity contribution in [2.24, 2.45) is 5.73 Å². The average molecular weight is 351 g/mol. The fraction of sp³-hybridized carbons (Fsp3) is 0.333. The summed E-state index contributed by atoms with van der Waals surface area (Å²) in [5.74, 6) is -0.0919. The number of hydrogen-bond acceptors (Lipinski definition) is 3. The monoisotopic (exact) mass is 350 g/mol. The Hall–Kier alpha value is -1.66. The van der Waals surface area contributed by atoms with Crippen LogP contribution in [0, 0.1) is 6.92 Å². The van der Waals surface area contributed by atoms with Crippen molar-refractivity contribution < 1.29 is 4.79 Å². The highest BCUT2D eigenvalue weighted by atomic mass is 79.9. The van der Waals surface area contributed by atoms with Crippen LogP contribution in [0.2, 0.25) is 0 Å². The fourth-order valence-corrected chi connectivity index (χ4v) is 2.45. The van der Waals surface area contributed by atoms with Gasteiger partial charge in [0.2, 0.25) is 0 Å². The summed E-state index contributed by atoms with van der Waals surface area (Å²) in [6, 6.07) is 7.80. The first kappa shape index (κ1) is 15.7. The van der Waals surface area contributed by atoms with Gasteiger partial charge in [-0.05, 0) is 44.5 Å². The Morgan fingerprint density at radius 2 is 2.24 bits per heavy atom. The SMILES string of the molecule is Cc1c(C(=O)NCCCCN)cnn1-c1cccc(Br)c1. The first-order chi connectivity index (χ1) is 10.1. The van der Waals surface area contributed by atoms with E-state index in [4.69, 9.17) is 5.73 Å². The van der Waals surface area contributed by atoms with E-state index in [0.717, 1.165) is 28.7 Å². The minimum Gasteiger partial charge on any atom is -0.352 e. The molecule has 0 radical (unpaired) electrons. The third-order valence-electron chi connectivity index (χ3n) is 3.22. The summed E-state index contributed by atoms with van der Waals surface area (Å²) in [5.41, 5.74) is 7.77. The number of unbranched alkanes of at least 4 members (excludes halogenated alkanes) is 1. The van der Waals surface area contributed by atoms with Crippen molar-refractivity contribution in [1.29, 1.82) is 0 Å². The molecule has 1 aromatic heterocycles. The highest BCUT2D eigenvalue weighted by Gasteiger charge is 2.14. The Bertz CT molecular complexity index is 624. The van der Waals surface area contributed by atoms with E-state index in [1.165, 1.54) is 0 Å². The third kappa shape index (κ3) is 3.92. The highest BCUT2D eigenvalue weighted by Crippen LogP contribution is 2.18. The lowest BCUT2D eigenvalue weighted by molar-refractivity contribution is 0.0952. The molecule has 1 heterocycles. The number of nitrogens with two attached hydrogens (primary N) is 1. The standard InChI is InChI=1S/C15H19BrN4O/c1-11-14(15(21)18-8-3-2-7-17)10-19-20(11)13-6-4-5-12(16)9-13/h4-6,9-10H,2-3,7-8,17H2,1H3,(H,18,21). The minimum atomic E-state index is -0.0919. The van der Waals surface area contributed by atoms with Crippen molar-refractivity contribution >= 4 is 21.8 Å². The average Bonchev–Trinajstić information content (AvgIpc) is 2.85. The zero-order valence-corrected chi connectivity index (χ0v) is 13.6. The second-order valence-corrected chi connectivity index (χ2v) is 5.70. The molecule has 0 bridgehead atoms. The largest absolute Gasteiger partial charge is 0.352 e. The summed E-state index contributed by atoms with van der Waals surface area (Å²) in [6.07, 6.45) is 3.41. The molecule has 21 heavy (non-hydrogen) atoms. The Morgan fingerprint density at radius 3 is 2.95 bits per heavy atom. The van der Waals surface area contributed by atoms with E-state index in [1.807, 2.05) is 31.2 Å². The second kappa shape index (κ2) is 7.38. The molecule has 0 spiro atoms. The van der Waals surface area contributed by atoms with Crippen molar-refractivity contribution in [2.45, 2.75) is 19.8 Å². The van der Waals surface area contributed by atoms with E-state index in [9.17, 15) is 4.79 Å². The van der Waals surface area contributed by atoms with Gasteiger partial charge in [-0.2, -0.15) is 5.10 Å². The van der Waals surface area contributed by atoms with Crippen molar-refractivity contribution in [3.63, 3.8) is 0 Å². The van der Waals surface area contributed by atoms with E-state index in [0.29, 0.717) is 18.7 Å². The molecule has 112 valence electrons. The molecule has 1 aromatic carbocycles. The summed E-state index contributed by atoms with van der Waals surface area (Å²) < 4.78 is 2.74. The number of rotatable bonds is 6. The predicted octanol–water partition coefficient (Wildman–Crippen LogP) is 2.41. The van der Waals surface area contributed by atoms with Crippen LogP contribution in [0.1, 0.15) is 28.9 Å². The van der Waals surface area contributed by atoms with Gasteiger partial charge in [0.25, 0.3) is 5.91 Å².